The Hall–Kier alpha value is -1.77. The number of carbonyl (C=O) groups excluding carboxylic acids is 1. The summed E-state index contributed by atoms with van der Waals surface area (Å²) in [5, 5.41) is 3.00. The van der Waals surface area contributed by atoms with Crippen LogP contribution >= 0.6 is 0 Å². The van der Waals surface area contributed by atoms with Crippen LogP contribution in [0.2, 0.25) is 0 Å². The lowest BCUT2D eigenvalue weighted by Gasteiger charge is -2.07. The van der Waals surface area contributed by atoms with Crippen molar-refractivity contribution in [2.75, 3.05) is 7.11 Å². The number of hydrogen-bond acceptors (Lipinski definition) is 2. The Balaban J connectivity index is 1.85. The molecule has 0 aliphatic rings. The predicted octanol–water partition coefficient (Wildman–Crippen LogP) is 7.35. The van der Waals surface area contributed by atoms with Gasteiger partial charge in [-0.1, -0.05) is 89.0 Å². The first kappa shape index (κ1) is 25.3. The normalized spacial score (nSPS) is 11.1. The molecule has 0 aliphatic heterocycles. The van der Waals surface area contributed by atoms with Gasteiger partial charge < -0.3 is 10.1 Å². The fraction of sp³-hybridized carbons (Fsp3) is 0.654. The van der Waals surface area contributed by atoms with Gasteiger partial charge in [0.1, 0.15) is 5.75 Å². The summed E-state index contributed by atoms with van der Waals surface area (Å²) in [4.78, 5) is 12.0. The third kappa shape index (κ3) is 14.8. The van der Waals surface area contributed by atoms with Gasteiger partial charge in [0.15, 0.2) is 0 Å². The Morgan fingerprint density at radius 2 is 1.52 bits per heavy atom. The smallest absolute Gasteiger partial charge is 0.220 e. The summed E-state index contributed by atoms with van der Waals surface area (Å²) in [7, 11) is 1.66. The lowest BCUT2D eigenvalue weighted by atomic mass is 10.0. The van der Waals surface area contributed by atoms with Crippen molar-refractivity contribution in [1.82, 2.24) is 5.32 Å². The van der Waals surface area contributed by atoms with Crippen LogP contribution in [-0.4, -0.2) is 13.0 Å². The van der Waals surface area contributed by atoms with Crippen molar-refractivity contribution >= 4 is 5.91 Å². The number of amides is 1. The number of unbranched alkanes of at least 4 members (excludes halogenated alkanes) is 11. The molecule has 1 aromatic rings. The van der Waals surface area contributed by atoms with Crippen LogP contribution in [0.1, 0.15) is 102 Å². The van der Waals surface area contributed by atoms with E-state index in [1.807, 2.05) is 24.3 Å². The van der Waals surface area contributed by atoms with Gasteiger partial charge in [-0.25, -0.2) is 0 Å². The topological polar surface area (TPSA) is 38.3 Å². The average molecular weight is 402 g/mol. The standard InChI is InChI=1S/C26H43NO2/c1-3-4-5-6-7-8-9-10-11-12-13-14-15-16-17-21-26(28)27-23-24-19-18-20-25(22-24)29-2/h4-5,18-20,22H,3,6-17,21,23H2,1-2H3,(H,27,28)/b5-4-. The van der Waals surface area contributed by atoms with Crippen LogP contribution in [0.5, 0.6) is 5.75 Å². The highest BCUT2D eigenvalue weighted by atomic mass is 16.5. The van der Waals surface area contributed by atoms with E-state index in [-0.39, 0.29) is 5.91 Å². The highest BCUT2D eigenvalue weighted by Crippen LogP contribution is 2.14. The molecule has 0 heterocycles. The third-order valence-corrected chi connectivity index (χ3v) is 5.30. The van der Waals surface area contributed by atoms with Crippen molar-refractivity contribution in [3.05, 3.63) is 42.0 Å². The Labute approximate surface area is 179 Å². The van der Waals surface area contributed by atoms with E-state index in [0.717, 1.165) is 30.6 Å². The number of allylic oxidation sites excluding steroid dienone is 2. The molecule has 3 nitrogen and oxygen atoms in total. The Morgan fingerprint density at radius 1 is 0.897 bits per heavy atom. The van der Waals surface area contributed by atoms with E-state index in [4.69, 9.17) is 4.74 Å². The van der Waals surface area contributed by atoms with E-state index in [9.17, 15) is 4.79 Å². The Morgan fingerprint density at radius 3 is 2.14 bits per heavy atom. The fourth-order valence-corrected chi connectivity index (χ4v) is 3.49. The quantitative estimate of drug-likeness (QED) is 0.206. The first-order valence-corrected chi connectivity index (χ1v) is 11.8. The average Bonchev–Trinajstić information content (AvgIpc) is 2.75. The number of carbonyl (C=O) groups is 1. The molecule has 1 aromatic carbocycles. The Kier molecular flexibility index (Phi) is 15.9. The summed E-state index contributed by atoms with van der Waals surface area (Å²) in [5.41, 5.74) is 1.08. The minimum atomic E-state index is 0.151. The number of hydrogen-bond donors (Lipinski definition) is 1. The lowest BCUT2D eigenvalue weighted by molar-refractivity contribution is -0.121. The number of methoxy groups -OCH3 is 1. The first-order chi connectivity index (χ1) is 14.3. The fourth-order valence-electron chi connectivity index (χ4n) is 3.49. The van der Waals surface area contributed by atoms with Crippen LogP contribution < -0.4 is 10.1 Å². The predicted molar refractivity (Wildman–Crippen MR) is 124 cm³/mol. The second-order valence-electron chi connectivity index (χ2n) is 7.94. The van der Waals surface area contributed by atoms with Crippen molar-refractivity contribution in [1.29, 1.82) is 0 Å². The van der Waals surface area contributed by atoms with Crippen LogP contribution in [0, 0.1) is 0 Å². The molecular formula is C26H43NO2. The first-order valence-electron chi connectivity index (χ1n) is 11.8. The van der Waals surface area contributed by atoms with E-state index < -0.39 is 0 Å². The molecule has 0 fully saturated rings. The van der Waals surface area contributed by atoms with Gasteiger partial charge in [-0.2, -0.15) is 0 Å². The molecule has 1 amide bonds. The summed E-state index contributed by atoms with van der Waals surface area (Å²) >= 11 is 0. The highest BCUT2D eigenvalue weighted by molar-refractivity contribution is 5.75. The van der Waals surface area contributed by atoms with E-state index in [0.29, 0.717) is 13.0 Å². The zero-order valence-electron chi connectivity index (χ0n) is 18.9. The van der Waals surface area contributed by atoms with Gasteiger partial charge in [-0.15, -0.1) is 0 Å². The Bertz CT molecular complexity index is 553. The molecule has 0 saturated carbocycles. The molecule has 0 bridgehead atoms. The molecule has 0 unspecified atom stereocenters. The molecule has 0 atom stereocenters. The molecule has 0 saturated heterocycles. The van der Waals surface area contributed by atoms with Crippen molar-refractivity contribution in [2.45, 2.75) is 103 Å². The van der Waals surface area contributed by atoms with Crippen LogP contribution in [0.3, 0.4) is 0 Å². The van der Waals surface area contributed by atoms with Crippen LogP contribution in [0.25, 0.3) is 0 Å². The molecule has 0 aromatic heterocycles. The van der Waals surface area contributed by atoms with Gasteiger partial charge >= 0.3 is 0 Å². The van der Waals surface area contributed by atoms with Crippen LogP contribution in [0.4, 0.5) is 0 Å². The monoisotopic (exact) mass is 401 g/mol. The van der Waals surface area contributed by atoms with Gasteiger partial charge in [-0.05, 0) is 43.4 Å². The third-order valence-electron chi connectivity index (χ3n) is 5.30. The second kappa shape index (κ2) is 18.3. The number of rotatable bonds is 18. The van der Waals surface area contributed by atoms with E-state index in [2.05, 4.69) is 24.4 Å². The summed E-state index contributed by atoms with van der Waals surface area (Å²) in [5.74, 6) is 0.981. The minimum absolute atomic E-state index is 0.151. The summed E-state index contributed by atoms with van der Waals surface area (Å²) in [6, 6.07) is 7.84. The lowest BCUT2D eigenvalue weighted by Crippen LogP contribution is -2.22. The summed E-state index contributed by atoms with van der Waals surface area (Å²) < 4.78 is 5.21. The summed E-state index contributed by atoms with van der Waals surface area (Å²) in [6.07, 6.45) is 22.0. The number of benzene rings is 1. The van der Waals surface area contributed by atoms with Gasteiger partial charge in [0.05, 0.1) is 7.11 Å². The molecule has 29 heavy (non-hydrogen) atoms. The maximum absolute atomic E-state index is 12.0. The van der Waals surface area contributed by atoms with Crippen molar-refractivity contribution in [2.24, 2.45) is 0 Å². The maximum atomic E-state index is 12.0. The molecule has 0 aliphatic carbocycles. The molecule has 1 N–H and O–H groups in total. The molecule has 0 radical (unpaired) electrons. The maximum Gasteiger partial charge on any atom is 0.220 e. The second-order valence-corrected chi connectivity index (χ2v) is 7.94. The van der Waals surface area contributed by atoms with Gasteiger partial charge in [0, 0.05) is 13.0 Å². The molecule has 3 heteroatoms. The molecule has 1 rings (SSSR count). The minimum Gasteiger partial charge on any atom is -0.497 e. The zero-order valence-corrected chi connectivity index (χ0v) is 18.9. The van der Waals surface area contributed by atoms with E-state index in [1.54, 1.807) is 7.11 Å². The zero-order chi connectivity index (χ0) is 21.0. The van der Waals surface area contributed by atoms with Gasteiger partial charge in [0.2, 0.25) is 5.91 Å². The SMILES string of the molecule is CC/C=C\CCCCCCCCCCCCCC(=O)NCc1cccc(OC)c1. The highest BCUT2D eigenvalue weighted by Gasteiger charge is 2.02. The molecule has 0 spiro atoms. The molecule has 164 valence electrons. The number of ether oxygens (including phenoxy) is 1. The van der Waals surface area contributed by atoms with Gasteiger partial charge in [0.25, 0.3) is 0 Å². The number of nitrogens with one attached hydrogen (secondary N) is 1. The van der Waals surface area contributed by atoms with E-state index >= 15 is 0 Å². The van der Waals surface area contributed by atoms with Gasteiger partial charge in [-0.3, -0.25) is 4.79 Å². The van der Waals surface area contributed by atoms with Crippen molar-refractivity contribution < 1.29 is 9.53 Å². The van der Waals surface area contributed by atoms with Crippen LogP contribution in [-0.2, 0) is 11.3 Å². The van der Waals surface area contributed by atoms with Crippen molar-refractivity contribution in [3.8, 4) is 5.75 Å². The summed E-state index contributed by atoms with van der Waals surface area (Å²) in [6.45, 7) is 2.77. The largest absolute Gasteiger partial charge is 0.497 e. The van der Waals surface area contributed by atoms with Crippen LogP contribution in [0.15, 0.2) is 36.4 Å². The van der Waals surface area contributed by atoms with Crippen molar-refractivity contribution in [3.63, 3.8) is 0 Å². The van der Waals surface area contributed by atoms with E-state index in [1.165, 1.54) is 64.2 Å². The molecular weight excluding hydrogens is 358 g/mol.